The van der Waals surface area contributed by atoms with Crippen molar-refractivity contribution in [3.8, 4) is 0 Å². The van der Waals surface area contributed by atoms with E-state index in [2.05, 4.69) is 6.92 Å². The second-order valence-electron chi connectivity index (χ2n) is 4.52. The Morgan fingerprint density at radius 3 is 3.00 bits per heavy atom. The van der Waals surface area contributed by atoms with Crippen molar-refractivity contribution in [2.75, 3.05) is 0 Å². The lowest BCUT2D eigenvalue weighted by atomic mass is 9.88. The largest absolute Gasteiger partial charge is 0.469 e. The summed E-state index contributed by atoms with van der Waals surface area (Å²) >= 11 is 0. The molecule has 3 atom stereocenters. The van der Waals surface area contributed by atoms with Gasteiger partial charge in [0.25, 0.3) is 0 Å². The van der Waals surface area contributed by atoms with Crippen molar-refractivity contribution < 1.29 is 4.42 Å². The van der Waals surface area contributed by atoms with Crippen molar-refractivity contribution in [3.63, 3.8) is 0 Å². The lowest BCUT2D eigenvalue weighted by molar-refractivity contribution is 0.328. The van der Waals surface area contributed by atoms with E-state index < -0.39 is 0 Å². The highest BCUT2D eigenvalue weighted by atomic mass is 16.3. The first-order valence-electron chi connectivity index (χ1n) is 5.55. The molecule has 78 valence electrons. The van der Waals surface area contributed by atoms with Crippen molar-refractivity contribution in [2.24, 2.45) is 17.6 Å². The summed E-state index contributed by atoms with van der Waals surface area (Å²) in [6.07, 6.45) is 6.60. The molecule has 2 rings (SSSR count). The number of hydrogen-bond donors (Lipinski definition) is 1. The summed E-state index contributed by atoms with van der Waals surface area (Å²) in [5.74, 6) is 2.51. The minimum Gasteiger partial charge on any atom is -0.469 e. The second-order valence-corrected chi connectivity index (χ2v) is 4.52. The van der Waals surface area contributed by atoms with Gasteiger partial charge in [-0.05, 0) is 30.4 Å². The average molecular weight is 193 g/mol. The summed E-state index contributed by atoms with van der Waals surface area (Å²) < 4.78 is 5.32. The molecule has 1 aliphatic carbocycles. The van der Waals surface area contributed by atoms with Gasteiger partial charge in [-0.15, -0.1) is 0 Å². The molecule has 0 spiro atoms. The quantitative estimate of drug-likeness (QED) is 0.801. The van der Waals surface area contributed by atoms with Crippen LogP contribution in [0.2, 0.25) is 0 Å². The molecule has 0 radical (unpaired) electrons. The molecule has 1 saturated carbocycles. The van der Waals surface area contributed by atoms with Gasteiger partial charge >= 0.3 is 0 Å². The Hall–Kier alpha value is -0.760. The van der Waals surface area contributed by atoms with Gasteiger partial charge in [-0.3, -0.25) is 0 Å². The number of furan rings is 1. The fraction of sp³-hybridized carbons (Fsp3) is 0.667. The van der Waals surface area contributed by atoms with Crippen LogP contribution < -0.4 is 5.73 Å². The van der Waals surface area contributed by atoms with Gasteiger partial charge in [-0.2, -0.15) is 0 Å². The summed E-state index contributed by atoms with van der Waals surface area (Å²) in [5.41, 5.74) is 6.20. The van der Waals surface area contributed by atoms with E-state index >= 15 is 0 Å². The van der Waals surface area contributed by atoms with Crippen LogP contribution in [0.1, 0.15) is 31.9 Å². The molecule has 1 heterocycles. The Kier molecular flexibility index (Phi) is 2.92. The molecule has 1 fully saturated rings. The summed E-state index contributed by atoms with van der Waals surface area (Å²) in [6, 6.07) is 4.22. The van der Waals surface area contributed by atoms with Crippen LogP contribution in [0, 0.1) is 11.8 Å². The highest BCUT2D eigenvalue weighted by Crippen LogP contribution is 2.33. The van der Waals surface area contributed by atoms with Crippen LogP contribution >= 0.6 is 0 Å². The summed E-state index contributed by atoms with van der Waals surface area (Å²) in [4.78, 5) is 0. The maximum absolute atomic E-state index is 6.20. The van der Waals surface area contributed by atoms with Gasteiger partial charge in [-0.1, -0.05) is 19.8 Å². The first kappa shape index (κ1) is 9.78. The molecule has 2 heteroatoms. The summed E-state index contributed by atoms with van der Waals surface area (Å²) in [6.45, 7) is 2.32. The maximum Gasteiger partial charge on any atom is 0.105 e. The third-order valence-corrected chi connectivity index (χ3v) is 3.49. The Morgan fingerprint density at radius 2 is 2.43 bits per heavy atom. The van der Waals surface area contributed by atoms with E-state index in [0.29, 0.717) is 5.92 Å². The molecule has 2 N–H and O–H groups in total. The molecule has 0 saturated heterocycles. The predicted octanol–water partition coefficient (Wildman–Crippen LogP) is 2.59. The van der Waals surface area contributed by atoms with Crippen LogP contribution in [0.3, 0.4) is 0 Å². The molecule has 14 heavy (non-hydrogen) atoms. The molecule has 1 aliphatic rings. The fourth-order valence-electron chi connectivity index (χ4n) is 2.62. The third-order valence-electron chi connectivity index (χ3n) is 3.49. The molecule has 0 aromatic carbocycles. The van der Waals surface area contributed by atoms with Crippen molar-refractivity contribution >= 4 is 0 Å². The zero-order valence-electron chi connectivity index (χ0n) is 8.78. The molecule has 1 aromatic heterocycles. The standard InChI is InChI=1S/C12H19NO/c1-9-4-2-6-11(9)12(13)8-10-5-3-7-14-10/h3,5,7,9,11-12H,2,4,6,8,13H2,1H3. The smallest absolute Gasteiger partial charge is 0.105 e. The minimum atomic E-state index is 0.277. The highest BCUT2D eigenvalue weighted by molar-refractivity contribution is 5.01. The molecule has 0 bridgehead atoms. The Labute approximate surface area is 85.5 Å². The summed E-state index contributed by atoms with van der Waals surface area (Å²) in [7, 11) is 0. The zero-order valence-corrected chi connectivity index (χ0v) is 8.78. The Morgan fingerprint density at radius 1 is 1.57 bits per heavy atom. The van der Waals surface area contributed by atoms with E-state index in [0.717, 1.165) is 18.1 Å². The van der Waals surface area contributed by atoms with Crippen LogP contribution in [-0.4, -0.2) is 6.04 Å². The van der Waals surface area contributed by atoms with Gasteiger partial charge in [-0.25, -0.2) is 0 Å². The number of rotatable bonds is 3. The van der Waals surface area contributed by atoms with Gasteiger partial charge in [0.15, 0.2) is 0 Å². The van der Waals surface area contributed by atoms with E-state index in [9.17, 15) is 0 Å². The van der Waals surface area contributed by atoms with Gasteiger partial charge < -0.3 is 10.2 Å². The van der Waals surface area contributed by atoms with Crippen LogP contribution in [0.4, 0.5) is 0 Å². The van der Waals surface area contributed by atoms with Gasteiger partial charge in [0.2, 0.25) is 0 Å². The topological polar surface area (TPSA) is 39.2 Å². The molecule has 1 aromatic rings. The minimum absolute atomic E-state index is 0.277. The molecule has 2 nitrogen and oxygen atoms in total. The molecule has 0 aliphatic heterocycles. The van der Waals surface area contributed by atoms with Crippen molar-refractivity contribution in [3.05, 3.63) is 24.2 Å². The first-order valence-corrected chi connectivity index (χ1v) is 5.55. The fourth-order valence-corrected chi connectivity index (χ4v) is 2.62. The van der Waals surface area contributed by atoms with E-state index in [-0.39, 0.29) is 6.04 Å². The van der Waals surface area contributed by atoms with Crippen LogP contribution in [-0.2, 0) is 6.42 Å². The maximum atomic E-state index is 6.20. The van der Waals surface area contributed by atoms with Gasteiger partial charge in [0.1, 0.15) is 5.76 Å². The molecular formula is C12H19NO. The lowest BCUT2D eigenvalue weighted by Crippen LogP contribution is -2.33. The molecular weight excluding hydrogens is 174 g/mol. The monoisotopic (exact) mass is 193 g/mol. The van der Waals surface area contributed by atoms with Crippen molar-refractivity contribution in [2.45, 2.75) is 38.6 Å². The third kappa shape index (κ3) is 2.01. The summed E-state index contributed by atoms with van der Waals surface area (Å²) in [5, 5.41) is 0. The van der Waals surface area contributed by atoms with E-state index in [1.165, 1.54) is 19.3 Å². The highest BCUT2D eigenvalue weighted by Gasteiger charge is 2.28. The van der Waals surface area contributed by atoms with Crippen LogP contribution in [0.25, 0.3) is 0 Å². The SMILES string of the molecule is CC1CCCC1C(N)Cc1ccco1. The Bertz CT molecular complexity index is 268. The van der Waals surface area contributed by atoms with E-state index in [4.69, 9.17) is 10.2 Å². The van der Waals surface area contributed by atoms with Crippen molar-refractivity contribution in [1.29, 1.82) is 0 Å². The van der Waals surface area contributed by atoms with Gasteiger partial charge in [0, 0.05) is 12.5 Å². The zero-order chi connectivity index (χ0) is 9.97. The second kappa shape index (κ2) is 4.18. The molecule has 3 unspecified atom stereocenters. The Balaban J connectivity index is 1.92. The average Bonchev–Trinajstić information content (AvgIpc) is 2.75. The van der Waals surface area contributed by atoms with E-state index in [1.54, 1.807) is 6.26 Å². The van der Waals surface area contributed by atoms with Gasteiger partial charge in [0.05, 0.1) is 6.26 Å². The van der Waals surface area contributed by atoms with Crippen LogP contribution in [0.5, 0.6) is 0 Å². The van der Waals surface area contributed by atoms with Crippen molar-refractivity contribution in [1.82, 2.24) is 0 Å². The lowest BCUT2D eigenvalue weighted by Gasteiger charge is -2.22. The first-order chi connectivity index (χ1) is 6.77. The van der Waals surface area contributed by atoms with E-state index in [1.807, 2.05) is 12.1 Å². The number of nitrogens with two attached hydrogens (primary N) is 1. The number of hydrogen-bond acceptors (Lipinski definition) is 2. The normalized spacial score (nSPS) is 29.3. The molecule has 0 amide bonds. The van der Waals surface area contributed by atoms with Crippen LogP contribution in [0.15, 0.2) is 22.8 Å². The predicted molar refractivity (Wildman–Crippen MR) is 56.9 cm³/mol.